The molecule has 1 atom stereocenters. The van der Waals surface area contributed by atoms with E-state index in [0.717, 1.165) is 9.13 Å². The van der Waals surface area contributed by atoms with Crippen LogP contribution in [0.15, 0.2) is 24.3 Å². The predicted molar refractivity (Wildman–Crippen MR) is 51.8 cm³/mol. The third kappa shape index (κ3) is 3.31. The lowest BCUT2D eigenvalue weighted by Crippen LogP contribution is -1.92. The lowest BCUT2D eigenvalue weighted by Gasteiger charge is -2.04. The van der Waals surface area contributed by atoms with Crippen LogP contribution in [0.3, 0.4) is 0 Å². The van der Waals surface area contributed by atoms with E-state index in [0.29, 0.717) is 0 Å². The van der Waals surface area contributed by atoms with Crippen LogP contribution in [0.5, 0.6) is 0 Å². The lowest BCUT2D eigenvalue weighted by atomic mass is 10.2. The normalized spacial score (nSPS) is 12.9. The van der Waals surface area contributed by atoms with E-state index in [2.05, 4.69) is 22.6 Å². The Labute approximate surface area is 81.4 Å². The van der Waals surface area contributed by atoms with Crippen LogP contribution in [-0.2, 0) is 16.8 Å². The molecular weight excluding hydrogens is 275 g/mol. The molecule has 60 valence electrons. The monoisotopic (exact) mass is 281 g/mol. The van der Waals surface area contributed by atoms with Crippen LogP contribution in [0.1, 0.15) is 5.56 Å². The highest BCUT2D eigenvalue weighted by Crippen LogP contribution is 2.08. The molecule has 0 aromatic heterocycles. The fraction of sp³-hybridized carbons (Fsp3) is 0.143. The third-order valence-electron chi connectivity index (χ3n) is 1.17. The molecule has 1 aromatic rings. The first-order chi connectivity index (χ1) is 5.18. The Morgan fingerprint density at radius 1 is 1.55 bits per heavy atom. The van der Waals surface area contributed by atoms with Gasteiger partial charge in [0.1, 0.15) is 0 Å². The Bertz CT molecular complexity index is 275. The first-order valence-corrected chi connectivity index (χ1v) is 5.31. The van der Waals surface area contributed by atoms with Crippen molar-refractivity contribution in [1.82, 2.24) is 0 Å². The van der Waals surface area contributed by atoms with Crippen LogP contribution < -0.4 is 0 Å². The minimum Gasteiger partial charge on any atom is -0.772 e. The van der Waals surface area contributed by atoms with Crippen LogP contribution in [0.2, 0.25) is 0 Å². The van der Waals surface area contributed by atoms with Gasteiger partial charge in [-0.25, -0.2) is 0 Å². The summed E-state index contributed by atoms with van der Waals surface area (Å²) in [6, 6.07) is 7.44. The van der Waals surface area contributed by atoms with Crippen molar-refractivity contribution in [3.8, 4) is 0 Å². The lowest BCUT2D eigenvalue weighted by molar-refractivity contribution is 0.536. The number of rotatable bonds is 2. The van der Waals surface area contributed by atoms with Gasteiger partial charge in [0.2, 0.25) is 0 Å². The van der Waals surface area contributed by atoms with Crippen LogP contribution in [0.4, 0.5) is 0 Å². The molecule has 0 radical (unpaired) electrons. The fourth-order valence-corrected chi connectivity index (χ4v) is 1.82. The standard InChI is InChI=1S/C7H7IO2S/c8-7-3-1-2-6(4-7)5-11(9)10/h1-4H,5H2,(H,9,10)/p-1. The fourth-order valence-electron chi connectivity index (χ4n) is 0.763. The van der Waals surface area contributed by atoms with Crippen molar-refractivity contribution in [2.24, 2.45) is 0 Å². The van der Waals surface area contributed by atoms with Crippen molar-refractivity contribution in [3.63, 3.8) is 0 Å². The largest absolute Gasteiger partial charge is 0.772 e. The van der Waals surface area contributed by atoms with Crippen LogP contribution >= 0.6 is 22.6 Å². The van der Waals surface area contributed by atoms with Crippen LogP contribution in [0.25, 0.3) is 0 Å². The van der Waals surface area contributed by atoms with Gasteiger partial charge in [0, 0.05) is 9.32 Å². The molecule has 0 aliphatic rings. The van der Waals surface area contributed by atoms with E-state index >= 15 is 0 Å². The highest BCUT2D eigenvalue weighted by atomic mass is 127. The SMILES string of the molecule is O=S([O-])Cc1cccc(I)c1. The van der Waals surface area contributed by atoms with Gasteiger partial charge in [0.25, 0.3) is 0 Å². The summed E-state index contributed by atoms with van der Waals surface area (Å²) in [5, 5.41) is 0. The number of hydrogen-bond acceptors (Lipinski definition) is 2. The summed E-state index contributed by atoms with van der Waals surface area (Å²) in [7, 11) is 0. The molecule has 0 amide bonds. The Balaban J connectivity index is 2.79. The summed E-state index contributed by atoms with van der Waals surface area (Å²) in [6.07, 6.45) is 0. The van der Waals surface area contributed by atoms with Crippen LogP contribution in [-0.4, -0.2) is 8.76 Å². The molecule has 2 nitrogen and oxygen atoms in total. The average Bonchev–Trinajstić information content (AvgIpc) is 1.85. The maximum Gasteiger partial charge on any atom is 0.0353 e. The van der Waals surface area contributed by atoms with Crippen LogP contribution in [0, 0.1) is 3.57 Å². The maximum absolute atomic E-state index is 10.3. The average molecular weight is 281 g/mol. The number of hydrogen-bond donors (Lipinski definition) is 0. The second-order valence-corrected chi connectivity index (χ2v) is 4.22. The molecule has 0 heterocycles. The molecule has 1 rings (SSSR count). The van der Waals surface area contributed by atoms with Gasteiger partial charge in [0.15, 0.2) is 0 Å². The summed E-state index contributed by atoms with van der Waals surface area (Å²) in [5.74, 6) is 0.108. The second kappa shape index (κ2) is 4.18. The van der Waals surface area contributed by atoms with E-state index in [1.807, 2.05) is 18.2 Å². The van der Waals surface area contributed by atoms with E-state index < -0.39 is 11.1 Å². The number of halogens is 1. The molecule has 0 bridgehead atoms. The Morgan fingerprint density at radius 3 is 2.82 bits per heavy atom. The van der Waals surface area contributed by atoms with Gasteiger partial charge in [0.05, 0.1) is 0 Å². The third-order valence-corrected chi connectivity index (χ3v) is 2.41. The van der Waals surface area contributed by atoms with E-state index in [9.17, 15) is 8.76 Å². The summed E-state index contributed by atoms with van der Waals surface area (Å²) in [4.78, 5) is 0. The minimum atomic E-state index is -1.98. The molecule has 11 heavy (non-hydrogen) atoms. The van der Waals surface area contributed by atoms with Crippen molar-refractivity contribution in [1.29, 1.82) is 0 Å². The topological polar surface area (TPSA) is 40.1 Å². The van der Waals surface area contributed by atoms with Gasteiger partial charge >= 0.3 is 0 Å². The second-order valence-electron chi connectivity index (χ2n) is 2.08. The molecule has 0 saturated carbocycles. The molecule has 1 unspecified atom stereocenters. The van der Waals surface area contributed by atoms with Crippen molar-refractivity contribution < 1.29 is 8.76 Å². The van der Waals surface area contributed by atoms with Gasteiger partial charge in [-0.05, 0) is 40.3 Å². The Hall–Kier alpha value is 0.0600. The van der Waals surface area contributed by atoms with Crippen molar-refractivity contribution >= 4 is 33.7 Å². The first-order valence-electron chi connectivity index (χ1n) is 2.99. The summed E-state index contributed by atoms with van der Waals surface area (Å²) >= 11 is 0.173. The molecule has 0 N–H and O–H groups in total. The summed E-state index contributed by atoms with van der Waals surface area (Å²) in [6.45, 7) is 0. The first kappa shape index (κ1) is 9.15. The van der Waals surface area contributed by atoms with Gasteiger partial charge in [-0.1, -0.05) is 23.2 Å². The van der Waals surface area contributed by atoms with E-state index in [4.69, 9.17) is 0 Å². The van der Waals surface area contributed by atoms with Crippen molar-refractivity contribution in [2.45, 2.75) is 5.75 Å². The molecule has 0 saturated heterocycles. The zero-order valence-corrected chi connectivity index (χ0v) is 8.59. The van der Waals surface area contributed by atoms with Gasteiger partial charge in [-0.3, -0.25) is 4.21 Å². The molecule has 0 fully saturated rings. The Morgan fingerprint density at radius 2 is 2.27 bits per heavy atom. The smallest absolute Gasteiger partial charge is 0.0353 e. The zero-order chi connectivity index (χ0) is 8.27. The number of benzene rings is 1. The minimum absolute atomic E-state index is 0.108. The summed E-state index contributed by atoms with van der Waals surface area (Å²) < 4.78 is 21.6. The van der Waals surface area contributed by atoms with E-state index in [1.165, 1.54) is 0 Å². The highest BCUT2D eigenvalue weighted by molar-refractivity contribution is 14.1. The molecule has 0 aliphatic heterocycles. The summed E-state index contributed by atoms with van der Waals surface area (Å²) in [5.41, 5.74) is 0.838. The zero-order valence-electron chi connectivity index (χ0n) is 5.62. The molecule has 0 spiro atoms. The molecule has 4 heteroatoms. The van der Waals surface area contributed by atoms with Gasteiger partial charge in [-0.15, -0.1) is 0 Å². The van der Waals surface area contributed by atoms with Gasteiger partial charge in [-0.2, -0.15) is 0 Å². The van der Waals surface area contributed by atoms with Crippen molar-refractivity contribution in [2.75, 3.05) is 0 Å². The van der Waals surface area contributed by atoms with E-state index in [-0.39, 0.29) is 5.75 Å². The molecule has 1 aromatic carbocycles. The highest BCUT2D eigenvalue weighted by Gasteiger charge is 1.92. The molecular formula is C7H6IO2S-. The van der Waals surface area contributed by atoms with E-state index in [1.54, 1.807) is 6.07 Å². The Kier molecular flexibility index (Phi) is 3.47. The predicted octanol–water partition coefficient (Wildman–Crippen LogP) is 1.67. The van der Waals surface area contributed by atoms with Gasteiger partial charge < -0.3 is 4.55 Å². The van der Waals surface area contributed by atoms with Crippen molar-refractivity contribution in [3.05, 3.63) is 33.4 Å². The maximum atomic E-state index is 10.3. The quantitative estimate of drug-likeness (QED) is 0.611. The molecule has 0 aliphatic carbocycles.